The predicted octanol–water partition coefficient (Wildman–Crippen LogP) is 2.05. The molecule has 0 spiro atoms. The van der Waals surface area contributed by atoms with Gasteiger partial charge in [-0.25, -0.2) is 4.39 Å². The monoisotopic (exact) mass is 113 g/mol. The molecule has 2 atom stereocenters. The number of alkyl halides is 1. The van der Waals surface area contributed by atoms with Crippen molar-refractivity contribution in [3.8, 4) is 0 Å². The van der Waals surface area contributed by atoms with Crippen molar-refractivity contribution in [1.82, 2.24) is 0 Å². The Kier molecular flexibility index (Phi) is 1.93. The second-order valence-electron chi connectivity index (χ2n) is 2.54. The van der Waals surface area contributed by atoms with E-state index in [1.807, 2.05) is 6.92 Å². The van der Waals surface area contributed by atoms with E-state index in [9.17, 15) is 4.39 Å². The van der Waals surface area contributed by atoms with Gasteiger partial charge in [-0.2, -0.15) is 0 Å². The van der Waals surface area contributed by atoms with Crippen LogP contribution in [-0.2, 0) is 0 Å². The SMILES string of the molecule is CC1[B]CCCC1F. The van der Waals surface area contributed by atoms with E-state index in [1.54, 1.807) is 0 Å². The number of rotatable bonds is 0. The van der Waals surface area contributed by atoms with Crippen molar-refractivity contribution in [2.75, 3.05) is 0 Å². The second kappa shape index (κ2) is 2.52. The second-order valence-corrected chi connectivity index (χ2v) is 2.54. The van der Waals surface area contributed by atoms with Crippen LogP contribution in [0, 0.1) is 0 Å². The third kappa shape index (κ3) is 1.24. The third-order valence-electron chi connectivity index (χ3n) is 1.79. The summed E-state index contributed by atoms with van der Waals surface area (Å²) in [4.78, 5) is 0. The van der Waals surface area contributed by atoms with E-state index in [2.05, 4.69) is 7.28 Å². The first kappa shape index (κ1) is 6.12. The maximum Gasteiger partial charge on any atom is 0.117 e. The normalized spacial score (nSPS) is 38.8. The quantitative estimate of drug-likeness (QED) is 0.421. The fourth-order valence-corrected chi connectivity index (χ4v) is 1.10. The van der Waals surface area contributed by atoms with Crippen LogP contribution in [0.1, 0.15) is 19.8 Å². The Balaban J connectivity index is 2.28. The van der Waals surface area contributed by atoms with Crippen LogP contribution in [-0.4, -0.2) is 13.5 Å². The van der Waals surface area contributed by atoms with Gasteiger partial charge in [0.2, 0.25) is 0 Å². The molecule has 45 valence electrons. The molecule has 1 rings (SSSR count). The first-order valence-electron chi connectivity index (χ1n) is 3.28. The van der Waals surface area contributed by atoms with Crippen LogP contribution >= 0.6 is 0 Å². The molecule has 1 fully saturated rings. The molecule has 0 amide bonds. The first-order valence-corrected chi connectivity index (χ1v) is 3.28. The molecule has 2 unspecified atom stereocenters. The summed E-state index contributed by atoms with van der Waals surface area (Å²) in [5.74, 6) is 0.212. The lowest BCUT2D eigenvalue weighted by molar-refractivity contribution is 0.293. The maximum absolute atomic E-state index is 12.5. The third-order valence-corrected chi connectivity index (χ3v) is 1.79. The van der Waals surface area contributed by atoms with E-state index < -0.39 is 6.17 Å². The van der Waals surface area contributed by atoms with Crippen LogP contribution in [0.15, 0.2) is 0 Å². The molecule has 0 bridgehead atoms. The Morgan fingerprint density at radius 1 is 1.62 bits per heavy atom. The molecule has 0 aromatic rings. The lowest BCUT2D eigenvalue weighted by atomic mass is 9.56. The van der Waals surface area contributed by atoms with Gasteiger partial charge >= 0.3 is 0 Å². The molecule has 0 aromatic heterocycles. The maximum atomic E-state index is 12.5. The van der Waals surface area contributed by atoms with Crippen molar-refractivity contribution in [2.45, 2.75) is 38.1 Å². The summed E-state index contributed by atoms with van der Waals surface area (Å²) in [6, 6.07) is 0. The molecular weight excluding hydrogens is 102 g/mol. The molecule has 2 heteroatoms. The molecule has 0 aromatic carbocycles. The molecule has 1 radical (unpaired) electrons. The fraction of sp³-hybridized carbons (Fsp3) is 1.00. The summed E-state index contributed by atoms with van der Waals surface area (Å²) in [7, 11) is 2.08. The van der Waals surface area contributed by atoms with Gasteiger partial charge in [0.15, 0.2) is 0 Å². The highest BCUT2D eigenvalue weighted by atomic mass is 19.1. The zero-order valence-corrected chi connectivity index (χ0v) is 5.23. The van der Waals surface area contributed by atoms with Gasteiger partial charge in [-0.05, 0) is 12.2 Å². The molecule has 0 nitrogen and oxygen atoms in total. The van der Waals surface area contributed by atoms with Crippen LogP contribution in [0.25, 0.3) is 0 Å². The smallest absolute Gasteiger partial charge is 0.117 e. The molecule has 0 N–H and O–H groups in total. The average Bonchev–Trinajstić information content (AvgIpc) is 1.77. The van der Waals surface area contributed by atoms with Crippen molar-refractivity contribution in [1.29, 1.82) is 0 Å². The lowest BCUT2D eigenvalue weighted by Gasteiger charge is -2.20. The van der Waals surface area contributed by atoms with Crippen LogP contribution < -0.4 is 0 Å². The molecule has 1 saturated heterocycles. The zero-order valence-electron chi connectivity index (χ0n) is 5.23. The highest BCUT2D eigenvalue weighted by molar-refractivity contribution is 6.37. The van der Waals surface area contributed by atoms with E-state index in [0.717, 1.165) is 19.2 Å². The van der Waals surface area contributed by atoms with E-state index in [1.165, 1.54) is 0 Å². The van der Waals surface area contributed by atoms with Gasteiger partial charge in [0, 0.05) is 0 Å². The van der Waals surface area contributed by atoms with Gasteiger partial charge in [0.1, 0.15) is 7.28 Å². The molecular formula is C6H11BF. The van der Waals surface area contributed by atoms with Gasteiger partial charge in [0.05, 0.1) is 6.17 Å². The van der Waals surface area contributed by atoms with Crippen molar-refractivity contribution in [3.05, 3.63) is 0 Å². The average molecular weight is 113 g/mol. The van der Waals surface area contributed by atoms with Crippen molar-refractivity contribution in [2.24, 2.45) is 0 Å². The van der Waals surface area contributed by atoms with E-state index in [-0.39, 0.29) is 5.82 Å². The zero-order chi connectivity index (χ0) is 5.98. The van der Waals surface area contributed by atoms with Gasteiger partial charge in [0.25, 0.3) is 0 Å². The number of hydrogen-bond donors (Lipinski definition) is 0. The Labute approximate surface area is 50.7 Å². The van der Waals surface area contributed by atoms with E-state index in [4.69, 9.17) is 0 Å². The molecule has 1 heterocycles. The van der Waals surface area contributed by atoms with Gasteiger partial charge < -0.3 is 0 Å². The summed E-state index contributed by atoms with van der Waals surface area (Å²) in [5.41, 5.74) is 0. The summed E-state index contributed by atoms with van der Waals surface area (Å²) in [6.07, 6.45) is 2.38. The minimum Gasteiger partial charge on any atom is -0.248 e. The van der Waals surface area contributed by atoms with E-state index >= 15 is 0 Å². The summed E-state index contributed by atoms with van der Waals surface area (Å²) < 4.78 is 12.5. The van der Waals surface area contributed by atoms with Crippen LogP contribution in [0.4, 0.5) is 4.39 Å². The van der Waals surface area contributed by atoms with Crippen LogP contribution in [0.2, 0.25) is 12.1 Å². The summed E-state index contributed by atoms with van der Waals surface area (Å²) in [5, 5.41) is 0. The first-order chi connectivity index (χ1) is 3.80. The van der Waals surface area contributed by atoms with E-state index in [0.29, 0.717) is 0 Å². The minimum absolute atomic E-state index is 0.212. The topological polar surface area (TPSA) is 0 Å². The standard InChI is InChI=1S/C6H11BF/c1-5-6(8)3-2-4-7-5/h5-6H,2-4H2,1H3. The minimum atomic E-state index is -0.552. The van der Waals surface area contributed by atoms with Gasteiger partial charge in [-0.1, -0.05) is 19.7 Å². The van der Waals surface area contributed by atoms with Crippen LogP contribution in [0.5, 0.6) is 0 Å². The molecule has 1 aliphatic heterocycles. The highest BCUT2D eigenvalue weighted by Crippen LogP contribution is 2.25. The molecule has 0 saturated carbocycles. The molecule has 0 aliphatic carbocycles. The lowest BCUT2D eigenvalue weighted by Crippen LogP contribution is -2.18. The predicted molar refractivity (Wildman–Crippen MR) is 34.1 cm³/mol. The highest BCUT2D eigenvalue weighted by Gasteiger charge is 2.20. The Morgan fingerprint density at radius 3 is 2.75 bits per heavy atom. The molecule has 8 heavy (non-hydrogen) atoms. The molecule has 1 aliphatic rings. The summed E-state index contributed by atoms with van der Waals surface area (Å²) >= 11 is 0. The fourth-order valence-electron chi connectivity index (χ4n) is 1.10. The largest absolute Gasteiger partial charge is 0.248 e. The number of hydrogen-bond acceptors (Lipinski definition) is 0. The van der Waals surface area contributed by atoms with Crippen molar-refractivity contribution >= 4 is 7.28 Å². The Bertz CT molecular complexity index is 64.9. The van der Waals surface area contributed by atoms with Crippen molar-refractivity contribution < 1.29 is 4.39 Å². The number of halogens is 1. The van der Waals surface area contributed by atoms with Crippen molar-refractivity contribution in [3.63, 3.8) is 0 Å². The van der Waals surface area contributed by atoms with Crippen LogP contribution in [0.3, 0.4) is 0 Å². The van der Waals surface area contributed by atoms with Gasteiger partial charge in [-0.15, -0.1) is 0 Å². The Hall–Kier alpha value is -0.00506. The Morgan fingerprint density at radius 2 is 2.38 bits per heavy atom. The summed E-state index contributed by atoms with van der Waals surface area (Å²) in [6.45, 7) is 1.95. The van der Waals surface area contributed by atoms with Gasteiger partial charge in [-0.3, -0.25) is 0 Å².